The lowest BCUT2D eigenvalue weighted by atomic mass is 9.84. The summed E-state index contributed by atoms with van der Waals surface area (Å²) < 4.78 is 40.0. The van der Waals surface area contributed by atoms with Crippen LogP contribution in [0.5, 0.6) is 0 Å². The predicted molar refractivity (Wildman–Crippen MR) is 128 cm³/mol. The van der Waals surface area contributed by atoms with Crippen molar-refractivity contribution in [2.75, 3.05) is 19.7 Å². The van der Waals surface area contributed by atoms with Crippen molar-refractivity contribution >= 4 is 0 Å². The van der Waals surface area contributed by atoms with E-state index in [9.17, 15) is 8.78 Å². The van der Waals surface area contributed by atoms with Gasteiger partial charge in [0.05, 0.1) is 13.2 Å². The van der Waals surface area contributed by atoms with E-state index in [4.69, 9.17) is 9.15 Å². The number of aryl methyl sites for hydroxylation is 2. The SMILES string of the molecule is Cc1ccc(-c2cc(C)c(CN3CCOC(c4ccc(F)cc4)(c4ccc(F)cc4)C3)o2)cc1. The molecule has 0 bridgehead atoms. The van der Waals surface area contributed by atoms with Crippen LogP contribution in [-0.4, -0.2) is 24.6 Å². The monoisotopic (exact) mass is 459 g/mol. The predicted octanol–water partition coefficient (Wildman–Crippen LogP) is 6.62. The maximum absolute atomic E-state index is 13.7. The molecule has 1 saturated heterocycles. The van der Waals surface area contributed by atoms with Crippen LogP contribution in [0.1, 0.15) is 28.0 Å². The molecule has 0 amide bonds. The third-order valence-corrected chi connectivity index (χ3v) is 6.55. The Morgan fingerprint density at radius 1 is 0.824 bits per heavy atom. The molecule has 34 heavy (non-hydrogen) atoms. The minimum absolute atomic E-state index is 0.305. The maximum atomic E-state index is 13.7. The summed E-state index contributed by atoms with van der Waals surface area (Å²) in [5.41, 5.74) is 4.19. The fourth-order valence-electron chi connectivity index (χ4n) is 4.62. The van der Waals surface area contributed by atoms with Gasteiger partial charge >= 0.3 is 0 Å². The van der Waals surface area contributed by atoms with Gasteiger partial charge in [-0.2, -0.15) is 0 Å². The van der Waals surface area contributed by atoms with E-state index in [1.807, 2.05) is 0 Å². The number of rotatable bonds is 5. The van der Waals surface area contributed by atoms with Crippen LogP contribution in [0, 0.1) is 25.5 Å². The normalized spacial score (nSPS) is 16.0. The molecule has 3 nitrogen and oxygen atoms in total. The summed E-state index contributed by atoms with van der Waals surface area (Å²) in [6.07, 6.45) is 0. The Morgan fingerprint density at radius 2 is 1.41 bits per heavy atom. The van der Waals surface area contributed by atoms with Crippen molar-refractivity contribution in [2.24, 2.45) is 0 Å². The van der Waals surface area contributed by atoms with Crippen LogP contribution in [0.2, 0.25) is 0 Å². The van der Waals surface area contributed by atoms with Gasteiger partial charge in [0.25, 0.3) is 0 Å². The van der Waals surface area contributed by atoms with Gasteiger partial charge in [0.2, 0.25) is 0 Å². The van der Waals surface area contributed by atoms with E-state index >= 15 is 0 Å². The van der Waals surface area contributed by atoms with Crippen molar-refractivity contribution in [2.45, 2.75) is 26.0 Å². The molecule has 0 unspecified atom stereocenters. The number of nitrogens with zero attached hydrogens (tertiary/aromatic N) is 1. The van der Waals surface area contributed by atoms with Gasteiger partial charge in [0.1, 0.15) is 28.8 Å². The first-order valence-corrected chi connectivity index (χ1v) is 11.5. The molecule has 174 valence electrons. The summed E-state index contributed by atoms with van der Waals surface area (Å²) in [6.45, 7) is 6.48. The number of ether oxygens (including phenoxy) is 1. The Balaban J connectivity index is 1.45. The van der Waals surface area contributed by atoms with Crippen molar-refractivity contribution in [3.8, 4) is 11.3 Å². The van der Waals surface area contributed by atoms with E-state index in [0.717, 1.165) is 40.3 Å². The minimum Gasteiger partial charge on any atom is -0.459 e. The topological polar surface area (TPSA) is 25.6 Å². The van der Waals surface area contributed by atoms with Crippen molar-refractivity contribution in [1.29, 1.82) is 0 Å². The van der Waals surface area contributed by atoms with Gasteiger partial charge in [0.15, 0.2) is 0 Å². The second-order valence-electron chi connectivity index (χ2n) is 8.98. The molecule has 2 heterocycles. The summed E-state index contributed by atoms with van der Waals surface area (Å²) in [5, 5.41) is 0. The van der Waals surface area contributed by atoms with E-state index in [1.165, 1.54) is 29.8 Å². The van der Waals surface area contributed by atoms with Crippen LogP contribution < -0.4 is 0 Å². The molecule has 5 rings (SSSR count). The fourth-order valence-corrected chi connectivity index (χ4v) is 4.62. The second kappa shape index (κ2) is 9.16. The lowest BCUT2D eigenvalue weighted by Gasteiger charge is -2.43. The molecular weight excluding hydrogens is 432 g/mol. The molecule has 1 aromatic heterocycles. The van der Waals surface area contributed by atoms with Crippen LogP contribution in [0.15, 0.2) is 83.3 Å². The summed E-state index contributed by atoms with van der Waals surface area (Å²) in [4.78, 5) is 2.28. The Morgan fingerprint density at radius 3 is 2.00 bits per heavy atom. The molecule has 0 N–H and O–H groups in total. The van der Waals surface area contributed by atoms with E-state index in [-0.39, 0.29) is 11.6 Å². The third kappa shape index (κ3) is 4.41. The first kappa shape index (κ1) is 22.5. The lowest BCUT2D eigenvalue weighted by molar-refractivity contribution is -0.0919. The Bertz CT molecular complexity index is 1220. The first-order chi connectivity index (χ1) is 16.4. The van der Waals surface area contributed by atoms with Crippen LogP contribution >= 0.6 is 0 Å². The van der Waals surface area contributed by atoms with Gasteiger partial charge in [-0.15, -0.1) is 0 Å². The molecule has 4 aromatic rings. The van der Waals surface area contributed by atoms with Gasteiger partial charge in [-0.3, -0.25) is 4.90 Å². The fraction of sp³-hybridized carbons (Fsp3) is 0.241. The summed E-state index contributed by atoms with van der Waals surface area (Å²) >= 11 is 0. The van der Waals surface area contributed by atoms with E-state index in [2.05, 4.69) is 49.1 Å². The zero-order chi connectivity index (χ0) is 23.7. The molecule has 1 aliphatic rings. The molecular formula is C29H27F2NO2. The smallest absolute Gasteiger partial charge is 0.134 e. The molecule has 1 fully saturated rings. The molecule has 3 aromatic carbocycles. The first-order valence-electron chi connectivity index (χ1n) is 11.5. The maximum Gasteiger partial charge on any atom is 0.134 e. The summed E-state index contributed by atoms with van der Waals surface area (Å²) in [6, 6.07) is 23.1. The summed E-state index contributed by atoms with van der Waals surface area (Å²) in [7, 11) is 0. The van der Waals surface area contributed by atoms with E-state index in [1.54, 1.807) is 24.3 Å². The van der Waals surface area contributed by atoms with Gasteiger partial charge in [-0.25, -0.2) is 8.78 Å². The van der Waals surface area contributed by atoms with Crippen molar-refractivity contribution < 1.29 is 17.9 Å². The molecule has 0 saturated carbocycles. The van der Waals surface area contributed by atoms with Gasteiger partial charge in [-0.1, -0.05) is 54.1 Å². The largest absolute Gasteiger partial charge is 0.459 e. The third-order valence-electron chi connectivity index (χ3n) is 6.55. The molecule has 0 atom stereocenters. The highest BCUT2D eigenvalue weighted by molar-refractivity contribution is 5.59. The molecule has 0 radical (unpaired) electrons. The van der Waals surface area contributed by atoms with Crippen molar-refractivity contribution in [3.63, 3.8) is 0 Å². The zero-order valence-corrected chi connectivity index (χ0v) is 19.4. The minimum atomic E-state index is -0.833. The van der Waals surface area contributed by atoms with E-state index < -0.39 is 5.60 Å². The van der Waals surface area contributed by atoms with Crippen LogP contribution in [0.25, 0.3) is 11.3 Å². The highest BCUT2D eigenvalue weighted by Gasteiger charge is 2.40. The van der Waals surface area contributed by atoms with Crippen LogP contribution in [-0.2, 0) is 16.9 Å². The molecule has 0 aliphatic carbocycles. The average molecular weight is 460 g/mol. The van der Waals surface area contributed by atoms with Crippen LogP contribution in [0.4, 0.5) is 8.78 Å². The Labute approximate surface area is 198 Å². The molecule has 5 heteroatoms. The number of hydrogen-bond acceptors (Lipinski definition) is 3. The number of benzene rings is 3. The quantitative estimate of drug-likeness (QED) is 0.336. The highest BCUT2D eigenvalue weighted by Crippen LogP contribution is 2.38. The molecule has 0 spiro atoms. The Hall–Kier alpha value is -3.28. The van der Waals surface area contributed by atoms with Gasteiger partial charge < -0.3 is 9.15 Å². The highest BCUT2D eigenvalue weighted by atomic mass is 19.1. The summed E-state index contributed by atoms with van der Waals surface area (Å²) in [5.74, 6) is 1.15. The van der Waals surface area contributed by atoms with Crippen molar-refractivity contribution in [1.82, 2.24) is 4.90 Å². The van der Waals surface area contributed by atoms with Crippen molar-refractivity contribution in [3.05, 3.63) is 119 Å². The van der Waals surface area contributed by atoms with Gasteiger partial charge in [-0.05, 0) is 60.9 Å². The zero-order valence-electron chi connectivity index (χ0n) is 19.4. The molecule has 1 aliphatic heterocycles. The lowest BCUT2D eigenvalue weighted by Crippen LogP contribution is -2.50. The van der Waals surface area contributed by atoms with Gasteiger partial charge in [0, 0.05) is 18.7 Å². The standard InChI is InChI=1S/C29H27F2NO2/c1-20-3-5-22(6-4-20)27-17-21(2)28(34-27)18-32-15-16-33-29(19-32,23-7-11-25(30)12-8-23)24-9-13-26(31)14-10-24/h3-14,17H,15-16,18-19H2,1-2H3. The number of halogens is 2. The Kier molecular flexibility index (Phi) is 6.07. The average Bonchev–Trinajstić information content (AvgIpc) is 3.20. The van der Waals surface area contributed by atoms with E-state index in [0.29, 0.717) is 19.7 Å². The number of morpholine rings is 1. The number of furan rings is 1. The van der Waals surface area contributed by atoms with Crippen LogP contribution in [0.3, 0.4) is 0 Å². The second-order valence-corrected chi connectivity index (χ2v) is 8.98. The number of hydrogen-bond donors (Lipinski definition) is 0.